The van der Waals surface area contributed by atoms with Crippen molar-refractivity contribution in [3.63, 3.8) is 0 Å². The number of aromatic nitrogens is 2. The SMILES string of the molecule is O=C1C(=O)N(Cc2cccnc2)C(c2ccccn2)C1=C(O)c1ccc(Cl)cc1. The Morgan fingerprint density at radius 2 is 1.83 bits per heavy atom. The molecule has 1 atom stereocenters. The average molecular weight is 406 g/mol. The van der Waals surface area contributed by atoms with Gasteiger partial charge in [-0.2, -0.15) is 0 Å². The molecule has 0 radical (unpaired) electrons. The van der Waals surface area contributed by atoms with E-state index in [2.05, 4.69) is 9.97 Å². The number of nitrogens with zero attached hydrogens (tertiary/aromatic N) is 3. The first-order valence-corrected chi connectivity index (χ1v) is 9.28. The van der Waals surface area contributed by atoms with Crippen LogP contribution in [0.4, 0.5) is 0 Å². The van der Waals surface area contributed by atoms with E-state index in [-0.39, 0.29) is 17.9 Å². The Morgan fingerprint density at radius 1 is 1.03 bits per heavy atom. The molecule has 1 aromatic carbocycles. The third kappa shape index (κ3) is 3.62. The number of rotatable bonds is 4. The highest BCUT2D eigenvalue weighted by Gasteiger charge is 2.46. The number of pyridine rings is 2. The van der Waals surface area contributed by atoms with E-state index in [1.807, 2.05) is 6.07 Å². The molecule has 3 heterocycles. The molecule has 0 bridgehead atoms. The Kier molecular flexibility index (Phi) is 5.10. The Bertz CT molecular complexity index is 1080. The van der Waals surface area contributed by atoms with Crippen molar-refractivity contribution in [1.82, 2.24) is 14.9 Å². The van der Waals surface area contributed by atoms with E-state index >= 15 is 0 Å². The van der Waals surface area contributed by atoms with Gasteiger partial charge in [0.15, 0.2) is 0 Å². The van der Waals surface area contributed by atoms with Gasteiger partial charge in [-0.25, -0.2) is 0 Å². The van der Waals surface area contributed by atoms with Crippen LogP contribution in [0.5, 0.6) is 0 Å². The quantitative estimate of drug-likeness (QED) is 0.406. The first-order chi connectivity index (χ1) is 14.1. The van der Waals surface area contributed by atoms with Crippen LogP contribution >= 0.6 is 11.6 Å². The highest BCUT2D eigenvalue weighted by Crippen LogP contribution is 2.39. The first-order valence-electron chi connectivity index (χ1n) is 8.90. The fourth-order valence-corrected chi connectivity index (χ4v) is 3.47. The summed E-state index contributed by atoms with van der Waals surface area (Å²) >= 11 is 5.92. The third-order valence-corrected chi connectivity index (χ3v) is 4.95. The van der Waals surface area contributed by atoms with Crippen molar-refractivity contribution in [2.75, 3.05) is 0 Å². The minimum absolute atomic E-state index is 0.0000808. The van der Waals surface area contributed by atoms with Gasteiger partial charge >= 0.3 is 0 Å². The van der Waals surface area contributed by atoms with E-state index in [0.29, 0.717) is 16.3 Å². The minimum Gasteiger partial charge on any atom is -0.507 e. The lowest BCUT2D eigenvalue weighted by Gasteiger charge is -2.24. The second-order valence-electron chi connectivity index (χ2n) is 6.55. The summed E-state index contributed by atoms with van der Waals surface area (Å²) in [7, 11) is 0. The van der Waals surface area contributed by atoms with Crippen LogP contribution in [0.15, 0.2) is 78.8 Å². The standard InChI is InChI=1S/C22H16ClN3O3/c23-16-8-6-15(7-9-16)20(27)18-19(17-5-1-2-11-25-17)26(22(29)21(18)28)13-14-4-3-10-24-12-14/h1-12,19,27H,13H2. The maximum atomic E-state index is 12.9. The minimum atomic E-state index is -0.813. The van der Waals surface area contributed by atoms with E-state index in [4.69, 9.17) is 11.6 Å². The molecule has 1 saturated heterocycles. The normalized spacial score (nSPS) is 18.2. The molecule has 2 aromatic heterocycles. The Hall–Kier alpha value is -3.51. The smallest absolute Gasteiger partial charge is 0.296 e. The lowest BCUT2D eigenvalue weighted by Crippen LogP contribution is -2.29. The van der Waals surface area contributed by atoms with Gasteiger partial charge in [0.1, 0.15) is 11.8 Å². The molecule has 1 aliphatic rings. The molecule has 1 unspecified atom stereocenters. The Labute approximate surface area is 172 Å². The Morgan fingerprint density at radius 3 is 2.48 bits per heavy atom. The van der Waals surface area contributed by atoms with Crippen LogP contribution < -0.4 is 0 Å². The van der Waals surface area contributed by atoms with Crippen LogP contribution in [0.3, 0.4) is 0 Å². The van der Waals surface area contributed by atoms with Gasteiger partial charge in [-0.1, -0.05) is 23.7 Å². The number of hydrogen-bond acceptors (Lipinski definition) is 5. The highest BCUT2D eigenvalue weighted by atomic mass is 35.5. The molecular formula is C22H16ClN3O3. The van der Waals surface area contributed by atoms with Crippen LogP contribution in [-0.4, -0.2) is 31.7 Å². The lowest BCUT2D eigenvalue weighted by molar-refractivity contribution is -0.140. The summed E-state index contributed by atoms with van der Waals surface area (Å²) in [5, 5.41) is 11.4. The second-order valence-corrected chi connectivity index (χ2v) is 6.99. The number of likely N-dealkylation sites (tertiary alicyclic amines) is 1. The van der Waals surface area contributed by atoms with E-state index < -0.39 is 17.7 Å². The summed E-state index contributed by atoms with van der Waals surface area (Å²) < 4.78 is 0. The van der Waals surface area contributed by atoms with Gasteiger partial charge in [0, 0.05) is 35.7 Å². The summed E-state index contributed by atoms with van der Waals surface area (Å²) in [5.74, 6) is -1.71. The largest absolute Gasteiger partial charge is 0.507 e. The molecule has 6 nitrogen and oxygen atoms in total. The third-order valence-electron chi connectivity index (χ3n) is 4.70. The highest BCUT2D eigenvalue weighted by molar-refractivity contribution is 6.46. The molecule has 29 heavy (non-hydrogen) atoms. The van der Waals surface area contributed by atoms with Crippen molar-refractivity contribution in [2.24, 2.45) is 0 Å². The molecule has 0 spiro atoms. The van der Waals surface area contributed by atoms with Crippen LogP contribution in [0, 0.1) is 0 Å². The van der Waals surface area contributed by atoms with E-state index in [1.54, 1.807) is 67.1 Å². The van der Waals surface area contributed by atoms with Gasteiger partial charge in [-0.3, -0.25) is 19.6 Å². The summed E-state index contributed by atoms with van der Waals surface area (Å²) in [4.78, 5) is 35.6. The molecule has 1 fully saturated rings. The van der Waals surface area contributed by atoms with Crippen molar-refractivity contribution >= 4 is 29.1 Å². The molecule has 1 aliphatic heterocycles. The maximum absolute atomic E-state index is 12.9. The molecule has 1 N–H and O–H groups in total. The van der Waals surface area contributed by atoms with Crippen LogP contribution in [0.25, 0.3) is 5.76 Å². The predicted molar refractivity (Wildman–Crippen MR) is 108 cm³/mol. The summed E-state index contributed by atoms with van der Waals surface area (Å²) in [6.07, 6.45) is 4.85. The number of hydrogen-bond donors (Lipinski definition) is 1. The van der Waals surface area contributed by atoms with Crippen LogP contribution in [0.2, 0.25) is 5.02 Å². The van der Waals surface area contributed by atoms with Crippen molar-refractivity contribution in [2.45, 2.75) is 12.6 Å². The Balaban J connectivity index is 1.85. The van der Waals surface area contributed by atoms with Gasteiger partial charge in [-0.05, 0) is 48.0 Å². The number of ketones is 1. The van der Waals surface area contributed by atoms with Gasteiger partial charge in [0.25, 0.3) is 11.7 Å². The number of Topliss-reactive ketones (excluding diaryl/α,β-unsaturated/α-hetero) is 1. The molecule has 4 rings (SSSR count). The molecule has 7 heteroatoms. The molecule has 0 aliphatic carbocycles. The van der Waals surface area contributed by atoms with Crippen molar-refractivity contribution in [3.05, 3.63) is 101 Å². The summed E-state index contributed by atoms with van der Waals surface area (Å²) in [6.45, 7) is 0.164. The molecule has 1 amide bonds. The fourth-order valence-electron chi connectivity index (χ4n) is 3.34. The monoisotopic (exact) mass is 405 g/mol. The van der Waals surface area contributed by atoms with Crippen molar-refractivity contribution in [1.29, 1.82) is 0 Å². The summed E-state index contributed by atoms with van der Waals surface area (Å²) in [5.41, 5.74) is 1.66. The molecule has 144 valence electrons. The number of benzene rings is 1. The van der Waals surface area contributed by atoms with Crippen LogP contribution in [0.1, 0.15) is 22.9 Å². The van der Waals surface area contributed by atoms with Crippen LogP contribution in [-0.2, 0) is 16.1 Å². The van der Waals surface area contributed by atoms with Gasteiger partial charge in [0.05, 0.1) is 11.3 Å². The van der Waals surface area contributed by atoms with Crippen molar-refractivity contribution < 1.29 is 14.7 Å². The van der Waals surface area contributed by atoms with E-state index in [9.17, 15) is 14.7 Å². The number of aliphatic hydroxyl groups excluding tert-OH is 1. The lowest BCUT2D eigenvalue weighted by atomic mass is 9.98. The first kappa shape index (κ1) is 18.8. The fraction of sp³-hybridized carbons (Fsp3) is 0.0909. The zero-order valence-electron chi connectivity index (χ0n) is 15.2. The van der Waals surface area contributed by atoms with E-state index in [0.717, 1.165) is 5.56 Å². The van der Waals surface area contributed by atoms with Crippen molar-refractivity contribution in [3.8, 4) is 0 Å². The number of halogens is 1. The molecule has 0 saturated carbocycles. The zero-order valence-corrected chi connectivity index (χ0v) is 16.0. The van der Waals surface area contributed by atoms with E-state index in [1.165, 1.54) is 4.90 Å². The zero-order chi connectivity index (χ0) is 20.4. The van der Waals surface area contributed by atoms with Gasteiger partial charge in [-0.15, -0.1) is 0 Å². The topological polar surface area (TPSA) is 83.4 Å². The number of amides is 1. The number of carbonyl (C=O) groups excluding carboxylic acids is 2. The average Bonchev–Trinajstić information content (AvgIpc) is 3.00. The maximum Gasteiger partial charge on any atom is 0.296 e. The van der Waals surface area contributed by atoms with Gasteiger partial charge in [0.2, 0.25) is 0 Å². The second kappa shape index (κ2) is 7.85. The van der Waals surface area contributed by atoms with Gasteiger partial charge < -0.3 is 10.0 Å². The summed E-state index contributed by atoms with van der Waals surface area (Å²) in [6, 6.07) is 14.4. The predicted octanol–water partition coefficient (Wildman–Crippen LogP) is 3.75. The molecular weight excluding hydrogens is 390 g/mol. The number of carbonyl (C=O) groups is 2. The number of aliphatic hydroxyl groups is 1. The molecule has 3 aromatic rings.